The van der Waals surface area contributed by atoms with E-state index in [0.29, 0.717) is 6.04 Å². The van der Waals surface area contributed by atoms with Crippen LogP contribution in [0.15, 0.2) is 18.2 Å². The molecular weight excluding hydrogens is 249 g/mol. The van der Waals surface area contributed by atoms with Crippen molar-refractivity contribution in [2.24, 2.45) is 5.41 Å². The van der Waals surface area contributed by atoms with Gasteiger partial charge < -0.3 is 5.32 Å². The highest BCUT2D eigenvalue weighted by molar-refractivity contribution is 6.30. The lowest BCUT2D eigenvalue weighted by Crippen LogP contribution is -2.28. The van der Waals surface area contributed by atoms with E-state index >= 15 is 0 Å². The van der Waals surface area contributed by atoms with Crippen molar-refractivity contribution in [1.29, 1.82) is 0 Å². The van der Waals surface area contributed by atoms with Gasteiger partial charge in [0.05, 0.1) is 5.02 Å². The number of halogens is 2. The Morgan fingerprint density at radius 1 is 1.33 bits per heavy atom. The quantitative estimate of drug-likeness (QED) is 0.807. The highest BCUT2D eigenvalue weighted by Crippen LogP contribution is 2.27. The first kappa shape index (κ1) is 15.5. The third-order valence-electron chi connectivity index (χ3n) is 3.02. The Morgan fingerprint density at radius 3 is 2.56 bits per heavy atom. The SMILES string of the molecule is CC(C)NCCC(C)(C)Cc1ccc(F)c(Cl)c1. The van der Waals surface area contributed by atoms with Gasteiger partial charge in [-0.15, -0.1) is 0 Å². The predicted molar refractivity (Wildman–Crippen MR) is 76.7 cm³/mol. The normalized spacial score (nSPS) is 12.2. The average Bonchev–Trinajstić information content (AvgIpc) is 2.22. The van der Waals surface area contributed by atoms with Gasteiger partial charge >= 0.3 is 0 Å². The van der Waals surface area contributed by atoms with Crippen LogP contribution in [0.2, 0.25) is 5.02 Å². The monoisotopic (exact) mass is 271 g/mol. The lowest BCUT2D eigenvalue weighted by Gasteiger charge is -2.25. The van der Waals surface area contributed by atoms with Crippen LogP contribution in [-0.4, -0.2) is 12.6 Å². The van der Waals surface area contributed by atoms with E-state index in [0.717, 1.165) is 24.9 Å². The van der Waals surface area contributed by atoms with Crippen LogP contribution in [-0.2, 0) is 6.42 Å². The first-order chi connectivity index (χ1) is 8.30. The van der Waals surface area contributed by atoms with Crippen molar-refractivity contribution in [3.63, 3.8) is 0 Å². The molecule has 0 aliphatic rings. The Bertz CT molecular complexity index is 388. The van der Waals surface area contributed by atoms with Crippen LogP contribution in [0.1, 0.15) is 39.7 Å². The Hall–Kier alpha value is -0.600. The van der Waals surface area contributed by atoms with Crippen LogP contribution in [0.3, 0.4) is 0 Å². The number of hydrogen-bond donors (Lipinski definition) is 1. The molecule has 1 rings (SSSR count). The minimum absolute atomic E-state index is 0.184. The molecule has 3 heteroatoms. The average molecular weight is 272 g/mol. The van der Waals surface area contributed by atoms with Gasteiger partial charge in [-0.1, -0.05) is 45.4 Å². The molecule has 0 aromatic heterocycles. The summed E-state index contributed by atoms with van der Waals surface area (Å²) in [6, 6.07) is 5.51. The van der Waals surface area contributed by atoms with E-state index in [-0.39, 0.29) is 16.3 Å². The predicted octanol–water partition coefficient (Wildman–Crippen LogP) is 4.44. The van der Waals surface area contributed by atoms with E-state index in [1.165, 1.54) is 6.07 Å². The zero-order chi connectivity index (χ0) is 13.8. The van der Waals surface area contributed by atoms with Crippen molar-refractivity contribution in [1.82, 2.24) is 5.32 Å². The molecule has 0 heterocycles. The first-order valence-electron chi connectivity index (χ1n) is 6.47. The molecule has 1 aromatic rings. The molecule has 1 N–H and O–H groups in total. The molecule has 0 bridgehead atoms. The lowest BCUT2D eigenvalue weighted by atomic mass is 9.82. The molecule has 0 spiro atoms. The molecule has 0 amide bonds. The van der Waals surface area contributed by atoms with E-state index in [1.54, 1.807) is 6.07 Å². The minimum Gasteiger partial charge on any atom is -0.315 e. The molecule has 0 fully saturated rings. The first-order valence-corrected chi connectivity index (χ1v) is 6.85. The second-order valence-electron chi connectivity index (χ2n) is 5.95. The van der Waals surface area contributed by atoms with Gasteiger partial charge in [0.2, 0.25) is 0 Å². The van der Waals surface area contributed by atoms with E-state index in [9.17, 15) is 4.39 Å². The fourth-order valence-electron chi connectivity index (χ4n) is 1.99. The molecule has 0 unspecified atom stereocenters. The summed E-state index contributed by atoms with van der Waals surface area (Å²) in [5.41, 5.74) is 1.28. The summed E-state index contributed by atoms with van der Waals surface area (Å²) in [7, 11) is 0. The molecule has 0 aliphatic heterocycles. The largest absolute Gasteiger partial charge is 0.315 e. The highest BCUT2D eigenvalue weighted by Gasteiger charge is 2.18. The summed E-state index contributed by atoms with van der Waals surface area (Å²) in [4.78, 5) is 0. The third kappa shape index (κ3) is 5.36. The number of hydrogen-bond acceptors (Lipinski definition) is 1. The second kappa shape index (κ2) is 6.53. The van der Waals surface area contributed by atoms with Gasteiger partial charge in [0.15, 0.2) is 0 Å². The smallest absolute Gasteiger partial charge is 0.141 e. The Labute approximate surface area is 115 Å². The Morgan fingerprint density at radius 2 is 2.00 bits per heavy atom. The minimum atomic E-state index is -0.348. The van der Waals surface area contributed by atoms with Crippen molar-refractivity contribution >= 4 is 11.6 Å². The van der Waals surface area contributed by atoms with Gasteiger partial charge in [0.1, 0.15) is 5.82 Å². The standard InChI is InChI=1S/C15H23ClFN/c1-11(2)18-8-7-15(3,4)10-12-5-6-14(17)13(16)9-12/h5-6,9,11,18H,7-8,10H2,1-4H3. The van der Waals surface area contributed by atoms with Crippen LogP contribution in [0.5, 0.6) is 0 Å². The number of rotatable bonds is 6. The topological polar surface area (TPSA) is 12.0 Å². The zero-order valence-corrected chi connectivity index (χ0v) is 12.4. The maximum Gasteiger partial charge on any atom is 0.141 e. The lowest BCUT2D eigenvalue weighted by molar-refractivity contribution is 0.320. The van der Waals surface area contributed by atoms with E-state index < -0.39 is 0 Å². The van der Waals surface area contributed by atoms with Gasteiger partial charge in [-0.05, 0) is 42.5 Å². The van der Waals surface area contributed by atoms with Crippen molar-refractivity contribution in [2.45, 2.75) is 46.6 Å². The van der Waals surface area contributed by atoms with E-state index in [2.05, 4.69) is 33.0 Å². The molecule has 18 heavy (non-hydrogen) atoms. The van der Waals surface area contributed by atoms with Crippen molar-refractivity contribution in [2.75, 3.05) is 6.54 Å². The number of benzene rings is 1. The van der Waals surface area contributed by atoms with Gasteiger partial charge in [-0.25, -0.2) is 4.39 Å². The molecule has 102 valence electrons. The van der Waals surface area contributed by atoms with Crippen LogP contribution in [0.4, 0.5) is 4.39 Å². The van der Waals surface area contributed by atoms with Crippen LogP contribution < -0.4 is 5.32 Å². The summed E-state index contributed by atoms with van der Waals surface area (Å²) in [6.07, 6.45) is 1.99. The highest BCUT2D eigenvalue weighted by atomic mass is 35.5. The van der Waals surface area contributed by atoms with E-state index in [4.69, 9.17) is 11.6 Å². The Balaban J connectivity index is 2.55. The maximum absolute atomic E-state index is 13.1. The fraction of sp³-hybridized carbons (Fsp3) is 0.600. The van der Waals surface area contributed by atoms with Crippen LogP contribution in [0.25, 0.3) is 0 Å². The second-order valence-corrected chi connectivity index (χ2v) is 6.36. The van der Waals surface area contributed by atoms with Crippen LogP contribution >= 0.6 is 11.6 Å². The van der Waals surface area contributed by atoms with Crippen LogP contribution in [0, 0.1) is 11.2 Å². The van der Waals surface area contributed by atoms with Gasteiger partial charge in [0.25, 0.3) is 0 Å². The molecule has 0 radical (unpaired) electrons. The van der Waals surface area contributed by atoms with Crippen molar-refractivity contribution in [3.05, 3.63) is 34.6 Å². The molecule has 1 nitrogen and oxygen atoms in total. The summed E-state index contributed by atoms with van der Waals surface area (Å²) < 4.78 is 13.1. The third-order valence-corrected chi connectivity index (χ3v) is 3.31. The molecule has 0 aliphatic carbocycles. The zero-order valence-electron chi connectivity index (χ0n) is 11.7. The summed E-state index contributed by atoms with van der Waals surface area (Å²) in [5, 5.41) is 3.63. The van der Waals surface area contributed by atoms with Crippen molar-refractivity contribution in [3.8, 4) is 0 Å². The molecule has 0 saturated carbocycles. The molecule has 0 saturated heterocycles. The van der Waals surface area contributed by atoms with Gasteiger partial charge in [-0.2, -0.15) is 0 Å². The van der Waals surface area contributed by atoms with E-state index in [1.807, 2.05) is 6.07 Å². The van der Waals surface area contributed by atoms with Crippen molar-refractivity contribution < 1.29 is 4.39 Å². The summed E-state index contributed by atoms with van der Waals surface area (Å²) in [5.74, 6) is -0.348. The van der Waals surface area contributed by atoms with Gasteiger partial charge in [-0.3, -0.25) is 0 Å². The molecule has 0 atom stereocenters. The fourth-order valence-corrected chi connectivity index (χ4v) is 2.19. The number of nitrogens with one attached hydrogen (secondary N) is 1. The van der Waals surface area contributed by atoms with Gasteiger partial charge in [0, 0.05) is 6.04 Å². The molecular formula is C15H23ClFN. The summed E-state index contributed by atoms with van der Waals surface area (Å²) in [6.45, 7) is 9.75. The Kier molecular flexibility index (Phi) is 5.61. The maximum atomic E-state index is 13.1. The molecule has 1 aromatic carbocycles. The summed E-state index contributed by atoms with van der Waals surface area (Å²) >= 11 is 5.80.